The number of fused-ring (bicyclic) bond motifs is 1. The Balaban J connectivity index is 2.61. The van der Waals surface area contributed by atoms with E-state index in [-0.39, 0.29) is 0 Å². The molecule has 0 spiro atoms. The van der Waals surface area contributed by atoms with E-state index >= 15 is 0 Å². The predicted molar refractivity (Wildman–Crippen MR) is 87.6 cm³/mol. The number of nitrogens with one attached hydrogen (secondary N) is 1. The Bertz CT molecular complexity index is 611. The monoisotopic (exact) mass is 288 g/mol. The van der Waals surface area contributed by atoms with Crippen LogP contribution in [0.3, 0.4) is 0 Å². The average Bonchev–Trinajstić information content (AvgIpc) is 2.48. The molecule has 1 heterocycles. The van der Waals surface area contributed by atoms with Gasteiger partial charge in [-0.05, 0) is 32.4 Å². The molecule has 0 aliphatic rings. The van der Waals surface area contributed by atoms with Crippen LogP contribution in [0.5, 0.6) is 11.5 Å². The van der Waals surface area contributed by atoms with Crippen LogP contribution in [0.2, 0.25) is 0 Å². The van der Waals surface area contributed by atoms with Crippen LogP contribution in [0.4, 0.5) is 5.69 Å². The lowest BCUT2D eigenvalue weighted by molar-refractivity contribution is 0.288. The van der Waals surface area contributed by atoms with Gasteiger partial charge in [0.1, 0.15) is 0 Å². The van der Waals surface area contributed by atoms with Crippen molar-refractivity contribution in [1.29, 1.82) is 0 Å². The quantitative estimate of drug-likeness (QED) is 0.835. The van der Waals surface area contributed by atoms with E-state index < -0.39 is 0 Å². The molecule has 114 valence electrons. The second-order valence-corrected chi connectivity index (χ2v) is 4.84. The van der Waals surface area contributed by atoms with Gasteiger partial charge in [-0.25, -0.2) is 0 Å². The Morgan fingerprint density at radius 2 is 1.67 bits per heavy atom. The van der Waals surface area contributed by atoms with Crippen LogP contribution >= 0.6 is 0 Å². The van der Waals surface area contributed by atoms with Gasteiger partial charge < -0.3 is 14.8 Å². The van der Waals surface area contributed by atoms with E-state index in [1.165, 1.54) is 0 Å². The van der Waals surface area contributed by atoms with Gasteiger partial charge in [-0.1, -0.05) is 13.3 Å². The Kier molecular flexibility index (Phi) is 5.26. The fraction of sp³-hybridized carbons (Fsp3) is 0.471. The molecule has 0 saturated carbocycles. The second kappa shape index (κ2) is 7.16. The summed E-state index contributed by atoms with van der Waals surface area (Å²) in [6.07, 6.45) is 2.05. The highest BCUT2D eigenvalue weighted by Gasteiger charge is 2.12. The summed E-state index contributed by atoms with van der Waals surface area (Å²) >= 11 is 0. The van der Waals surface area contributed by atoms with Crippen molar-refractivity contribution in [2.45, 2.75) is 33.6 Å². The first-order chi connectivity index (χ1) is 10.2. The van der Waals surface area contributed by atoms with Crippen molar-refractivity contribution in [3.63, 3.8) is 0 Å². The summed E-state index contributed by atoms with van der Waals surface area (Å²) in [6, 6.07) is 6.10. The van der Waals surface area contributed by atoms with Gasteiger partial charge in [0.05, 0.1) is 18.7 Å². The molecule has 4 nitrogen and oxygen atoms in total. The molecule has 21 heavy (non-hydrogen) atoms. The highest BCUT2D eigenvalue weighted by atomic mass is 16.5. The van der Waals surface area contributed by atoms with Crippen molar-refractivity contribution in [2.24, 2.45) is 0 Å². The number of aromatic nitrogens is 1. The topological polar surface area (TPSA) is 43.4 Å². The molecule has 0 unspecified atom stereocenters. The minimum Gasteiger partial charge on any atom is -0.490 e. The number of pyridine rings is 1. The number of rotatable bonds is 7. The molecule has 0 aliphatic carbocycles. The number of aryl methyl sites for hydroxylation is 1. The second-order valence-electron chi connectivity index (χ2n) is 4.84. The van der Waals surface area contributed by atoms with Gasteiger partial charge in [0.2, 0.25) is 0 Å². The van der Waals surface area contributed by atoms with Gasteiger partial charge in [0.25, 0.3) is 0 Å². The molecule has 0 saturated heterocycles. The van der Waals surface area contributed by atoms with E-state index in [1.54, 1.807) is 0 Å². The lowest BCUT2D eigenvalue weighted by Crippen LogP contribution is -2.01. The van der Waals surface area contributed by atoms with Crippen LogP contribution < -0.4 is 14.8 Å². The van der Waals surface area contributed by atoms with Crippen LogP contribution in [0.1, 0.15) is 32.9 Å². The molecule has 0 bridgehead atoms. The number of benzene rings is 1. The maximum atomic E-state index is 5.69. The Labute approximate surface area is 126 Å². The van der Waals surface area contributed by atoms with E-state index in [0.29, 0.717) is 13.2 Å². The maximum absolute atomic E-state index is 5.69. The highest BCUT2D eigenvalue weighted by molar-refractivity contribution is 5.93. The van der Waals surface area contributed by atoms with Crippen molar-refractivity contribution in [3.8, 4) is 11.5 Å². The van der Waals surface area contributed by atoms with E-state index in [4.69, 9.17) is 14.5 Å². The van der Waals surface area contributed by atoms with E-state index in [1.807, 2.05) is 33.0 Å². The molecule has 0 amide bonds. The minimum absolute atomic E-state index is 0.610. The fourth-order valence-corrected chi connectivity index (χ4v) is 2.42. The van der Waals surface area contributed by atoms with Gasteiger partial charge in [0, 0.05) is 29.9 Å². The number of ether oxygens (including phenoxy) is 2. The van der Waals surface area contributed by atoms with Crippen molar-refractivity contribution >= 4 is 16.6 Å². The smallest absolute Gasteiger partial charge is 0.163 e. The molecule has 2 rings (SSSR count). The van der Waals surface area contributed by atoms with Gasteiger partial charge in [0.15, 0.2) is 11.5 Å². The molecule has 4 heteroatoms. The molecule has 0 fully saturated rings. The summed E-state index contributed by atoms with van der Waals surface area (Å²) in [7, 11) is 1.93. The number of hydrogen-bond acceptors (Lipinski definition) is 4. The van der Waals surface area contributed by atoms with Gasteiger partial charge in [-0.3, -0.25) is 4.98 Å². The fourth-order valence-electron chi connectivity index (χ4n) is 2.42. The molecular formula is C17H24N2O2. The maximum Gasteiger partial charge on any atom is 0.163 e. The zero-order valence-corrected chi connectivity index (χ0v) is 13.3. The zero-order chi connectivity index (χ0) is 15.2. The molecule has 1 N–H and O–H groups in total. The standard InChI is InChI=1S/C17H24N2O2/c1-5-8-12-9-14(18-4)13-10-16(20-6-2)17(21-7-3)11-15(13)19-12/h9-11H,5-8H2,1-4H3,(H,18,19). The third-order valence-corrected chi connectivity index (χ3v) is 3.30. The first-order valence-electron chi connectivity index (χ1n) is 7.64. The third-order valence-electron chi connectivity index (χ3n) is 3.30. The summed E-state index contributed by atoms with van der Waals surface area (Å²) < 4.78 is 11.4. The normalized spacial score (nSPS) is 10.7. The van der Waals surface area contributed by atoms with Crippen molar-refractivity contribution in [3.05, 3.63) is 23.9 Å². The largest absolute Gasteiger partial charge is 0.490 e. The molecule has 1 aromatic heterocycles. The molecule has 2 aromatic rings. The Morgan fingerprint density at radius 1 is 1.00 bits per heavy atom. The minimum atomic E-state index is 0.610. The lowest BCUT2D eigenvalue weighted by atomic mass is 10.1. The molecule has 0 aliphatic heterocycles. The third kappa shape index (κ3) is 3.38. The summed E-state index contributed by atoms with van der Waals surface area (Å²) in [5.74, 6) is 1.53. The Morgan fingerprint density at radius 3 is 2.24 bits per heavy atom. The van der Waals surface area contributed by atoms with E-state index in [0.717, 1.165) is 46.6 Å². The predicted octanol–water partition coefficient (Wildman–Crippen LogP) is 4.03. The molecule has 1 aromatic carbocycles. The summed E-state index contributed by atoms with van der Waals surface area (Å²) in [6.45, 7) is 7.33. The molecule has 0 atom stereocenters. The van der Waals surface area contributed by atoms with Crippen molar-refractivity contribution in [2.75, 3.05) is 25.6 Å². The van der Waals surface area contributed by atoms with Crippen LogP contribution in [-0.4, -0.2) is 25.2 Å². The molecular weight excluding hydrogens is 264 g/mol. The Hall–Kier alpha value is -1.97. The van der Waals surface area contributed by atoms with Crippen LogP contribution in [0.15, 0.2) is 18.2 Å². The lowest BCUT2D eigenvalue weighted by Gasteiger charge is -2.14. The van der Waals surface area contributed by atoms with Crippen LogP contribution in [-0.2, 0) is 6.42 Å². The van der Waals surface area contributed by atoms with E-state index in [2.05, 4.69) is 18.3 Å². The van der Waals surface area contributed by atoms with Crippen LogP contribution in [0, 0.1) is 0 Å². The van der Waals surface area contributed by atoms with Crippen molar-refractivity contribution < 1.29 is 9.47 Å². The average molecular weight is 288 g/mol. The first kappa shape index (κ1) is 15.4. The van der Waals surface area contributed by atoms with Crippen molar-refractivity contribution in [1.82, 2.24) is 4.98 Å². The summed E-state index contributed by atoms with van der Waals surface area (Å²) in [5, 5.41) is 4.31. The van der Waals surface area contributed by atoms with Gasteiger partial charge in [-0.15, -0.1) is 0 Å². The SMILES string of the molecule is CCCc1cc(NC)c2cc(OCC)c(OCC)cc2n1. The first-order valence-corrected chi connectivity index (χ1v) is 7.64. The molecule has 0 radical (unpaired) electrons. The van der Waals surface area contributed by atoms with E-state index in [9.17, 15) is 0 Å². The van der Waals surface area contributed by atoms with Crippen LogP contribution in [0.25, 0.3) is 10.9 Å². The summed E-state index contributed by atoms with van der Waals surface area (Å²) in [4.78, 5) is 4.74. The zero-order valence-electron chi connectivity index (χ0n) is 13.3. The highest BCUT2D eigenvalue weighted by Crippen LogP contribution is 2.35. The van der Waals surface area contributed by atoms with Gasteiger partial charge >= 0.3 is 0 Å². The number of nitrogens with zero attached hydrogens (tertiary/aromatic N) is 1. The number of hydrogen-bond donors (Lipinski definition) is 1. The summed E-state index contributed by atoms with van der Waals surface area (Å²) in [5.41, 5.74) is 3.12. The van der Waals surface area contributed by atoms with Gasteiger partial charge in [-0.2, -0.15) is 0 Å². The number of anilines is 1.